The smallest absolute Gasteiger partial charge is 0.0351 e. The third kappa shape index (κ3) is 3.86. The molecule has 1 aliphatic rings. The molecule has 1 saturated heterocycles. The Morgan fingerprint density at radius 1 is 1.31 bits per heavy atom. The van der Waals surface area contributed by atoms with Gasteiger partial charge in [0, 0.05) is 12.4 Å². The van der Waals surface area contributed by atoms with Crippen LogP contribution in [0.4, 0.5) is 0 Å². The van der Waals surface area contributed by atoms with E-state index in [1.165, 1.54) is 32.4 Å². The topological polar surface area (TPSA) is 3.24 Å². The molecular formula is C11H22ClN. The van der Waals surface area contributed by atoms with Crippen LogP contribution in [-0.4, -0.2) is 30.4 Å². The van der Waals surface area contributed by atoms with E-state index in [2.05, 4.69) is 18.7 Å². The number of rotatable bonds is 3. The summed E-state index contributed by atoms with van der Waals surface area (Å²) in [5, 5.41) is 0. The molecule has 1 unspecified atom stereocenters. The van der Waals surface area contributed by atoms with E-state index < -0.39 is 0 Å². The van der Waals surface area contributed by atoms with Crippen LogP contribution in [0.5, 0.6) is 0 Å². The van der Waals surface area contributed by atoms with E-state index in [1.54, 1.807) is 0 Å². The molecule has 2 heteroatoms. The first-order valence-electron chi connectivity index (χ1n) is 5.52. The van der Waals surface area contributed by atoms with E-state index in [-0.39, 0.29) is 0 Å². The van der Waals surface area contributed by atoms with Crippen molar-refractivity contribution in [2.45, 2.75) is 33.1 Å². The van der Waals surface area contributed by atoms with Crippen molar-refractivity contribution < 1.29 is 0 Å². The summed E-state index contributed by atoms with van der Waals surface area (Å²) < 4.78 is 0. The molecule has 1 fully saturated rings. The summed E-state index contributed by atoms with van der Waals surface area (Å²) in [6, 6.07) is 0. The van der Waals surface area contributed by atoms with Crippen molar-refractivity contribution in [1.82, 2.24) is 4.90 Å². The van der Waals surface area contributed by atoms with Crippen molar-refractivity contribution in [3.63, 3.8) is 0 Å². The first-order valence-corrected chi connectivity index (χ1v) is 6.05. The molecule has 1 rings (SSSR count). The number of alkyl halides is 1. The van der Waals surface area contributed by atoms with Crippen molar-refractivity contribution in [3.8, 4) is 0 Å². The van der Waals surface area contributed by atoms with Gasteiger partial charge in [-0.15, -0.1) is 11.6 Å². The van der Waals surface area contributed by atoms with Crippen LogP contribution in [0.15, 0.2) is 0 Å². The second-order valence-corrected chi connectivity index (χ2v) is 4.84. The first-order chi connectivity index (χ1) is 6.24. The lowest BCUT2D eigenvalue weighted by Gasteiger charge is -2.20. The lowest BCUT2D eigenvalue weighted by molar-refractivity contribution is 0.286. The maximum Gasteiger partial charge on any atom is 0.0351 e. The normalized spacial score (nSPS) is 26.3. The van der Waals surface area contributed by atoms with E-state index in [0.29, 0.717) is 0 Å². The second kappa shape index (κ2) is 5.87. The average Bonchev–Trinajstić information content (AvgIpc) is 2.30. The zero-order valence-electron chi connectivity index (χ0n) is 8.93. The fourth-order valence-corrected chi connectivity index (χ4v) is 2.43. The predicted molar refractivity (Wildman–Crippen MR) is 59.3 cm³/mol. The van der Waals surface area contributed by atoms with Crippen molar-refractivity contribution in [3.05, 3.63) is 0 Å². The molecule has 0 aromatic carbocycles. The van der Waals surface area contributed by atoms with Gasteiger partial charge in [-0.05, 0) is 44.2 Å². The summed E-state index contributed by atoms with van der Waals surface area (Å²) in [6.07, 6.45) is 4.14. The molecule has 0 bridgehead atoms. The summed E-state index contributed by atoms with van der Waals surface area (Å²) >= 11 is 5.75. The molecule has 1 nitrogen and oxygen atoms in total. The molecule has 0 spiro atoms. The molecule has 0 N–H and O–H groups in total. The summed E-state index contributed by atoms with van der Waals surface area (Å²) in [7, 11) is 0. The van der Waals surface area contributed by atoms with Gasteiger partial charge in [-0.25, -0.2) is 0 Å². The largest absolute Gasteiger partial charge is 0.302 e. The molecule has 0 saturated carbocycles. The van der Waals surface area contributed by atoms with Crippen molar-refractivity contribution in [2.75, 3.05) is 25.5 Å². The van der Waals surface area contributed by atoms with Crippen LogP contribution in [-0.2, 0) is 0 Å². The van der Waals surface area contributed by atoms with Crippen LogP contribution in [0.2, 0.25) is 0 Å². The third-order valence-electron chi connectivity index (χ3n) is 3.21. The molecule has 0 radical (unpaired) electrons. The van der Waals surface area contributed by atoms with Gasteiger partial charge in [0.15, 0.2) is 0 Å². The molecule has 1 heterocycles. The van der Waals surface area contributed by atoms with Gasteiger partial charge in [0.25, 0.3) is 0 Å². The van der Waals surface area contributed by atoms with Gasteiger partial charge in [0.2, 0.25) is 0 Å². The third-order valence-corrected chi connectivity index (χ3v) is 3.38. The van der Waals surface area contributed by atoms with Crippen molar-refractivity contribution in [1.29, 1.82) is 0 Å². The van der Waals surface area contributed by atoms with Gasteiger partial charge in [0.05, 0.1) is 0 Å². The highest BCUT2D eigenvalue weighted by Gasteiger charge is 2.18. The quantitative estimate of drug-likeness (QED) is 0.638. The van der Waals surface area contributed by atoms with Gasteiger partial charge < -0.3 is 4.90 Å². The van der Waals surface area contributed by atoms with Crippen LogP contribution in [0, 0.1) is 11.8 Å². The van der Waals surface area contributed by atoms with E-state index in [0.717, 1.165) is 24.3 Å². The molecule has 13 heavy (non-hydrogen) atoms. The molecule has 1 aliphatic heterocycles. The molecule has 0 aliphatic carbocycles. The number of nitrogens with zero attached hydrogens (tertiary/aromatic N) is 1. The SMILES string of the molecule is CC(C)C1CCCN(CCCl)CC1. The van der Waals surface area contributed by atoms with Crippen LogP contribution in [0.1, 0.15) is 33.1 Å². The Morgan fingerprint density at radius 2 is 2.08 bits per heavy atom. The van der Waals surface area contributed by atoms with Crippen molar-refractivity contribution >= 4 is 11.6 Å². The van der Waals surface area contributed by atoms with E-state index >= 15 is 0 Å². The van der Waals surface area contributed by atoms with E-state index in [4.69, 9.17) is 11.6 Å². The van der Waals surface area contributed by atoms with E-state index in [1.807, 2.05) is 0 Å². The number of halogens is 1. The maximum atomic E-state index is 5.75. The van der Waals surface area contributed by atoms with Crippen LogP contribution < -0.4 is 0 Å². The fraction of sp³-hybridized carbons (Fsp3) is 1.00. The fourth-order valence-electron chi connectivity index (χ4n) is 2.19. The monoisotopic (exact) mass is 203 g/mol. The zero-order valence-corrected chi connectivity index (χ0v) is 9.69. The van der Waals surface area contributed by atoms with Gasteiger partial charge in [-0.1, -0.05) is 13.8 Å². The molecule has 0 aromatic rings. The number of likely N-dealkylation sites (tertiary alicyclic amines) is 1. The number of hydrogen-bond donors (Lipinski definition) is 0. The maximum absolute atomic E-state index is 5.75. The van der Waals surface area contributed by atoms with Gasteiger partial charge in [0.1, 0.15) is 0 Å². The Labute approximate surface area is 87.4 Å². The Bertz CT molecular complexity index is 136. The Kier molecular flexibility index (Phi) is 5.12. The average molecular weight is 204 g/mol. The summed E-state index contributed by atoms with van der Waals surface area (Å²) in [4.78, 5) is 2.51. The predicted octanol–water partition coefficient (Wildman–Crippen LogP) is 2.98. The molecule has 0 aromatic heterocycles. The summed E-state index contributed by atoms with van der Waals surface area (Å²) in [5.41, 5.74) is 0. The highest BCUT2D eigenvalue weighted by atomic mass is 35.5. The highest BCUT2D eigenvalue weighted by molar-refractivity contribution is 6.18. The standard InChI is InChI=1S/C11H22ClN/c1-10(2)11-4-3-7-13(8-5-11)9-6-12/h10-11H,3-9H2,1-2H3. The number of hydrogen-bond acceptors (Lipinski definition) is 1. The minimum absolute atomic E-state index is 0.784. The summed E-state index contributed by atoms with van der Waals surface area (Å²) in [5.74, 6) is 2.59. The molecular weight excluding hydrogens is 182 g/mol. The molecule has 78 valence electrons. The Hall–Kier alpha value is 0.250. The second-order valence-electron chi connectivity index (χ2n) is 4.47. The Balaban J connectivity index is 2.30. The van der Waals surface area contributed by atoms with Crippen molar-refractivity contribution in [2.24, 2.45) is 11.8 Å². The van der Waals surface area contributed by atoms with Gasteiger partial charge in [-0.2, -0.15) is 0 Å². The Morgan fingerprint density at radius 3 is 2.69 bits per heavy atom. The minimum atomic E-state index is 0.784. The van der Waals surface area contributed by atoms with Crippen LogP contribution in [0.25, 0.3) is 0 Å². The molecule has 1 atom stereocenters. The zero-order chi connectivity index (χ0) is 9.68. The lowest BCUT2D eigenvalue weighted by Crippen LogP contribution is -2.27. The van der Waals surface area contributed by atoms with Crippen LogP contribution >= 0.6 is 11.6 Å². The highest BCUT2D eigenvalue weighted by Crippen LogP contribution is 2.24. The first kappa shape index (κ1) is 11.3. The van der Waals surface area contributed by atoms with Crippen LogP contribution in [0.3, 0.4) is 0 Å². The minimum Gasteiger partial charge on any atom is -0.302 e. The van der Waals surface area contributed by atoms with Gasteiger partial charge >= 0.3 is 0 Å². The van der Waals surface area contributed by atoms with Gasteiger partial charge in [-0.3, -0.25) is 0 Å². The van der Waals surface area contributed by atoms with E-state index in [9.17, 15) is 0 Å². The lowest BCUT2D eigenvalue weighted by atomic mass is 9.89. The molecule has 0 amide bonds. The summed E-state index contributed by atoms with van der Waals surface area (Å²) in [6.45, 7) is 8.29.